The largest absolute Gasteiger partial charge is 0.353 e. The molecule has 0 amide bonds. The summed E-state index contributed by atoms with van der Waals surface area (Å²) in [5.41, 5.74) is 1.10. The monoisotopic (exact) mass is 234 g/mol. The average Bonchev–Trinajstić information content (AvgIpc) is 2.71. The van der Waals surface area contributed by atoms with E-state index in [1.165, 1.54) is 23.2 Å². The minimum absolute atomic E-state index is 0.308. The first-order valence-electron chi connectivity index (χ1n) is 5.80. The van der Waals surface area contributed by atoms with Crippen molar-refractivity contribution < 1.29 is 4.39 Å². The van der Waals surface area contributed by atoms with Gasteiger partial charge in [-0.3, -0.25) is 0 Å². The maximum absolute atomic E-state index is 13.0. The predicted molar refractivity (Wildman–Crippen MR) is 63.3 cm³/mol. The van der Waals surface area contributed by atoms with Gasteiger partial charge in [0, 0.05) is 6.54 Å². The van der Waals surface area contributed by atoms with Gasteiger partial charge >= 0.3 is 0 Å². The zero-order valence-electron chi connectivity index (χ0n) is 9.94. The van der Waals surface area contributed by atoms with Gasteiger partial charge in [-0.25, -0.2) is 8.91 Å². The summed E-state index contributed by atoms with van der Waals surface area (Å²) in [4.78, 5) is 4.28. The Kier molecular flexibility index (Phi) is 2.11. The van der Waals surface area contributed by atoms with Crippen LogP contribution in [0.2, 0.25) is 0 Å². The van der Waals surface area contributed by atoms with Crippen LogP contribution < -0.4 is 5.32 Å². The van der Waals surface area contributed by atoms with Crippen LogP contribution in [-0.2, 0) is 0 Å². The lowest BCUT2D eigenvalue weighted by Crippen LogP contribution is -2.08. The second-order valence-corrected chi connectivity index (χ2v) is 5.36. The molecule has 3 rings (SSSR count). The number of nitrogens with zero attached hydrogens (tertiary/aromatic N) is 3. The fraction of sp³-hybridized carbons (Fsp3) is 0.500. The number of fused-ring (bicyclic) bond motifs is 1. The van der Waals surface area contributed by atoms with Crippen molar-refractivity contribution in [3.8, 4) is 0 Å². The van der Waals surface area contributed by atoms with Crippen LogP contribution >= 0.6 is 0 Å². The van der Waals surface area contributed by atoms with Crippen LogP contribution in [0.5, 0.6) is 0 Å². The highest BCUT2D eigenvalue weighted by atomic mass is 19.1. The van der Waals surface area contributed by atoms with Crippen LogP contribution in [-0.4, -0.2) is 21.1 Å². The Morgan fingerprint density at radius 2 is 2.29 bits per heavy atom. The summed E-state index contributed by atoms with van der Waals surface area (Å²) < 4.78 is 14.4. The van der Waals surface area contributed by atoms with Crippen molar-refractivity contribution in [2.24, 2.45) is 11.3 Å². The maximum atomic E-state index is 13.0. The molecule has 1 aliphatic carbocycles. The second kappa shape index (κ2) is 3.42. The third kappa shape index (κ3) is 1.97. The van der Waals surface area contributed by atoms with E-state index in [1.54, 1.807) is 6.07 Å². The molecule has 1 fully saturated rings. The molecule has 5 heteroatoms. The highest BCUT2D eigenvalue weighted by molar-refractivity contribution is 5.43. The van der Waals surface area contributed by atoms with Gasteiger partial charge in [-0.1, -0.05) is 13.8 Å². The molecule has 0 aromatic carbocycles. The van der Waals surface area contributed by atoms with Crippen LogP contribution in [0.4, 0.5) is 10.3 Å². The first-order valence-corrected chi connectivity index (χ1v) is 5.80. The standard InChI is InChI=1S/C12H15FN4/c1-12(2)5-8(12)6-14-11-15-10-4-3-9(13)7-17(10)16-11/h3-4,7-8H,5-6H2,1-2H3,(H,14,16). The molecule has 17 heavy (non-hydrogen) atoms. The third-order valence-corrected chi connectivity index (χ3v) is 3.52. The topological polar surface area (TPSA) is 42.2 Å². The number of nitrogens with one attached hydrogen (secondary N) is 1. The Morgan fingerprint density at radius 1 is 1.53 bits per heavy atom. The van der Waals surface area contributed by atoms with Gasteiger partial charge in [0.1, 0.15) is 5.82 Å². The van der Waals surface area contributed by atoms with E-state index >= 15 is 0 Å². The number of anilines is 1. The Labute approximate surface area is 98.9 Å². The van der Waals surface area contributed by atoms with Crippen LogP contribution in [0.25, 0.3) is 5.65 Å². The molecular weight excluding hydrogens is 219 g/mol. The summed E-state index contributed by atoms with van der Waals surface area (Å²) >= 11 is 0. The fourth-order valence-electron chi connectivity index (χ4n) is 2.07. The Bertz CT molecular complexity index is 561. The van der Waals surface area contributed by atoms with Gasteiger partial charge in [-0.15, -0.1) is 5.10 Å². The quantitative estimate of drug-likeness (QED) is 0.886. The first kappa shape index (κ1) is 10.5. The molecule has 1 unspecified atom stereocenters. The normalized spacial score (nSPS) is 21.7. The molecule has 0 aliphatic heterocycles. The Morgan fingerprint density at radius 3 is 3.00 bits per heavy atom. The molecule has 0 spiro atoms. The molecule has 1 saturated carbocycles. The van der Waals surface area contributed by atoms with Crippen LogP contribution in [0.3, 0.4) is 0 Å². The van der Waals surface area contributed by atoms with Crippen LogP contribution in [0.15, 0.2) is 18.3 Å². The average molecular weight is 234 g/mol. The summed E-state index contributed by atoms with van der Waals surface area (Å²) in [7, 11) is 0. The van der Waals surface area contributed by atoms with Gasteiger partial charge in [-0.2, -0.15) is 4.98 Å². The van der Waals surface area contributed by atoms with Crippen LogP contribution in [0, 0.1) is 17.2 Å². The van der Waals surface area contributed by atoms with Gasteiger partial charge < -0.3 is 5.32 Å². The maximum Gasteiger partial charge on any atom is 0.243 e. The lowest BCUT2D eigenvalue weighted by molar-refractivity contribution is 0.572. The molecular formula is C12H15FN4. The lowest BCUT2D eigenvalue weighted by atomic mass is 10.1. The highest BCUT2D eigenvalue weighted by Gasteiger charge is 2.45. The van der Waals surface area contributed by atoms with Gasteiger partial charge in [-0.05, 0) is 29.9 Å². The summed E-state index contributed by atoms with van der Waals surface area (Å²) in [6, 6.07) is 3.01. The molecule has 0 bridgehead atoms. The summed E-state index contributed by atoms with van der Waals surface area (Å²) in [5.74, 6) is 0.946. The van der Waals surface area contributed by atoms with E-state index in [2.05, 4.69) is 29.2 Å². The molecule has 90 valence electrons. The zero-order chi connectivity index (χ0) is 12.0. The minimum Gasteiger partial charge on any atom is -0.353 e. The number of hydrogen-bond donors (Lipinski definition) is 1. The second-order valence-electron chi connectivity index (χ2n) is 5.36. The molecule has 1 N–H and O–H groups in total. The van der Waals surface area contributed by atoms with Gasteiger partial charge in [0.25, 0.3) is 0 Å². The molecule has 4 nitrogen and oxygen atoms in total. The highest BCUT2D eigenvalue weighted by Crippen LogP contribution is 2.51. The van der Waals surface area contributed by atoms with E-state index in [4.69, 9.17) is 0 Å². The zero-order valence-corrected chi connectivity index (χ0v) is 9.94. The van der Waals surface area contributed by atoms with E-state index < -0.39 is 0 Å². The molecule has 0 radical (unpaired) electrons. The number of pyridine rings is 1. The van der Waals surface area contributed by atoms with Gasteiger partial charge in [0.15, 0.2) is 5.65 Å². The number of hydrogen-bond acceptors (Lipinski definition) is 3. The van der Waals surface area contributed by atoms with Crippen molar-refractivity contribution in [2.45, 2.75) is 20.3 Å². The first-order chi connectivity index (χ1) is 8.04. The Hall–Kier alpha value is -1.65. The lowest BCUT2D eigenvalue weighted by Gasteiger charge is -2.02. The molecule has 0 saturated heterocycles. The summed E-state index contributed by atoms with van der Waals surface area (Å²) in [5, 5.41) is 7.38. The van der Waals surface area contributed by atoms with Crippen molar-refractivity contribution in [1.29, 1.82) is 0 Å². The molecule has 2 aromatic rings. The van der Waals surface area contributed by atoms with Gasteiger partial charge in [0.2, 0.25) is 5.95 Å². The SMILES string of the molecule is CC1(C)CC1CNc1nc2ccc(F)cn2n1. The van der Waals surface area contributed by atoms with E-state index in [9.17, 15) is 4.39 Å². The molecule has 2 heterocycles. The van der Waals surface area contributed by atoms with Crippen LogP contribution in [0.1, 0.15) is 20.3 Å². The van der Waals surface area contributed by atoms with E-state index in [0.29, 0.717) is 22.9 Å². The fourth-order valence-corrected chi connectivity index (χ4v) is 2.07. The van der Waals surface area contributed by atoms with Crippen molar-refractivity contribution >= 4 is 11.6 Å². The minimum atomic E-state index is -0.308. The number of aromatic nitrogens is 3. The van der Waals surface area contributed by atoms with E-state index in [0.717, 1.165) is 6.54 Å². The smallest absolute Gasteiger partial charge is 0.243 e. The van der Waals surface area contributed by atoms with Crippen molar-refractivity contribution in [3.05, 3.63) is 24.1 Å². The summed E-state index contributed by atoms with van der Waals surface area (Å²) in [6.07, 6.45) is 2.57. The molecule has 2 aromatic heterocycles. The predicted octanol–water partition coefficient (Wildman–Crippen LogP) is 2.33. The molecule has 1 aliphatic rings. The van der Waals surface area contributed by atoms with Crippen molar-refractivity contribution in [3.63, 3.8) is 0 Å². The summed E-state index contributed by atoms with van der Waals surface area (Å²) in [6.45, 7) is 5.39. The number of rotatable bonds is 3. The van der Waals surface area contributed by atoms with E-state index in [1.807, 2.05) is 0 Å². The number of halogens is 1. The van der Waals surface area contributed by atoms with Crippen molar-refractivity contribution in [1.82, 2.24) is 14.6 Å². The third-order valence-electron chi connectivity index (χ3n) is 3.52. The van der Waals surface area contributed by atoms with Crippen molar-refractivity contribution in [2.75, 3.05) is 11.9 Å². The van der Waals surface area contributed by atoms with Gasteiger partial charge in [0.05, 0.1) is 6.20 Å². The Balaban J connectivity index is 1.73. The molecule has 1 atom stereocenters. The van der Waals surface area contributed by atoms with E-state index in [-0.39, 0.29) is 5.82 Å².